The minimum atomic E-state index is -0.526. The van der Waals surface area contributed by atoms with Crippen LogP contribution in [0.4, 0.5) is 0 Å². The summed E-state index contributed by atoms with van der Waals surface area (Å²) in [4.78, 5) is 27.5. The topological polar surface area (TPSA) is 46.6 Å². The first kappa shape index (κ1) is 18.3. The van der Waals surface area contributed by atoms with Crippen LogP contribution in [-0.4, -0.2) is 42.7 Å². The summed E-state index contributed by atoms with van der Waals surface area (Å²) in [5, 5.41) is 0. The highest BCUT2D eigenvalue weighted by Crippen LogP contribution is 2.20. The fraction of sp³-hybridized carbons (Fsp3) is 0.364. The van der Waals surface area contributed by atoms with Crippen molar-refractivity contribution in [2.75, 3.05) is 26.2 Å². The Kier molecular flexibility index (Phi) is 6.56. The average molecular weight is 351 g/mol. The summed E-state index contributed by atoms with van der Waals surface area (Å²) < 4.78 is 5.87. The van der Waals surface area contributed by atoms with E-state index in [1.807, 2.05) is 12.1 Å². The molecule has 136 valence electrons. The van der Waals surface area contributed by atoms with E-state index in [4.69, 9.17) is 4.74 Å². The van der Waals surface area contributed by atoms with Crippen molar-refractivity contribution < 1.29 is 14.3 Å². The summed E-state index contributed by atoms with van der Waals surface area (Å²) in [5.41, 5.74) is 0.731. The van der Waals surface area contributed by atoms with Crippen LogP contribution < -0.4 is 4.74 Å². The molecule has 4 nitrogen and oxygen atoms in total. The quantitative estimate of drug-likeness (QED) is 0.559. The van der Waals surface area contributed by atoms with E-state index in [-0.39, 0.29) is 0 Å². The lowest BCUT2D eigenvalue weighted by molar-refractivity contribution is 0.0814. The number of carbonyl (C=O) groups is 2. The molecule has 0 radical (unpaired) electrons. The molecule has 0 saturated carbocycles. The van der Waals surface area contributed by atoms with Crippen molar-refractivity contribution in [2.24, 2.45) is 0 Å². The molecule has 0 aliphatic carbocycles. The number of likely N-dealkylation sites (tertiary alicyclic amines) is 1. The standard InChI is InChI=1S/C22H25NO3/c24-21(18-10-4-3-5-11-18)22(25)19-12-6-7-13-20(19)26-17-16-23-14-8-1-2-9-15-23/h3-7,10-13H,1-2,8-9,14-17H2. The lowest BCUT2D eigenvalue weighted by Crippen LogP contribution is -2.29. The Labute approximate surface area is 154 Å². The zero-order valence-corrected chi connectivity index (χ0v) is 15.0. The molecule has 0 atom stereocenters. The molecule has 3 rings (SSSR count). The number of benzene rings is 2. The number of rotatable bonds is 7. The molecule has 4 heteroatoms. The number of hydrogen-bond donors (Lipinski definition) is 0. The molecule has 2 aromatic carbocycles. The van der Waals surface area contributed by atoms with Gasteiger partial charge in [-0.3, -0.25) is 14.5 Å². The molecule has 26 heavy (non-hydrogen) atoms. The molecule has 0 unspecified atom stereocenters. The maximum atomic E-state index is 12.6. The van der Waals surface area contributed by atoms with Crippen molar-refractivity contribution in [2.45, 2.75) is 25.7 Å². The molecule has 2 aromatic rings. The van der Waals surface area contributed by atoms with Gasteiger partial charge < -0.3 is 4.74 Å². The Morgan fingerprint density at radius 3 is 2.19 bits per heavy atom. The van der Waals surface area contributed by atoms with Crippen molar-refractivity contribution in [1.29, 1.82) is 0 Å². The molecular weight excluding hydrogens is 326 g/mol. The predicted octanol–water partition coefficient (Wildman–Crippen LogP) is 4.01. The van der Waals surface area contributed by atoms with Gasteiger partial charge >= 0.3 is 0 Å². The Hall–Kier alpha value is -2.46. The lowest BCUT2D eigenvalue weighted by atomic mass is 10.0. The van der Waals surface area contributed by atoms with E-state index in [2.05, 4.69) is 4.90 Å². The van der Waals surface area contributed by atoms with Gasteiger partial charge in [0.05, 0.1) is 5.56 Å². The second kappa shape index (κ2) is 9.30. The average Bonchev–Trinajstić information content (AvgIpc) is 2.97. The number of ether oxygens (including phenoxy) is 1. The van der Waals surface area contributed by atoms with Crippen molar-refractivity contribution in [3.05, 3.63) is 65.7 Å². The smallest absolute Gasteiger partial charge is 0.237 e. The van der Waals surface area contributed by atoms with Crippen molar-refractivity contribution in [3.8, 4) is 5.75 Å². The molecule has 0 amide bonds. The zero-order chi connectivity index (χ0) is 18.2. The fourth-order valence-corrected chi connectivity index (χ4v) is 3.27. The van der Waals surface area contributed by atoms with E-state index in [0.29, 0.717) is 23.5 Å². The molecule has 1 aliphatic rings. The van der Waals surface area contributed by atoms with E-state index in [1.165, 1.54) is 25.7 Å². The third-order valence-electron chi connectivity index (χ3n) is 4.74. The van der Waals surface area contributed by atoms with Crippen molar-refractivity contribution in [1.82, 2.24) is 4.90 Å². The summed E-state index contributed by atoms with van der Waals surface area (Å²) in [6.45, 7) is 3.58. The summed E-state index contributed by atoms with van der Waals surface area (Å²) in [5.74, 6) is -0.549. The number of nitrogens with zero attached hydrogens (tertiary/aromatic N) is 1. The monoisotopic (exact) mass is 351 g/mol. The third kappa shape index (κ3) is 4.79. The van der Waals surface area contributed by atoms with Crippen LogP contribution in [0.5, 0.6) is 5.75 Å². The third-order valence-corrected chi connectivity index (χ3v) is 4.74. The maximum absolute atomic E-state index is 12.6. The van der Waals surface area contributed by atoms with Gasteiger partial charge in [-0.25, -0.2) is 0 Å². The number of carbonyl (C=O) groups excluding carboxylic acids is 2. The minimum Gasteiger partial charge on any atom is -0.491 e. The highest BCUT2D eigenvalue weighted by atomic mass is 16.5. The molecule has 0 N–H and O–H groups in total. The molecule has 0 bridgehead atoms. The molecular formula is C22H25NO3. The number of Topliss-reactive ketones (excluding diaryl/α,β-unsaturated/α-hetero) is 2. The van der Waals surface area contributed by atoms with Crippen LogP contribution in [0.2, 0.25) is 0 Å². The van der Waals surface area contributed by atoms with Gasteiger partial charge in [-0.2, -0.15) is 0 Å². The molecule has 1 saturated heterocycles. The summed E-state index contributed by atoms with van der Waals surface area (Å²) >= 11 is 0. The zero-order valence-electron chi connectivity index (χ0n) is 15.0. The summed E-state index contributed by atoms with van der Waals surface area (Å²) in [6, 6.07) is 15.6. The second-order valence-electron chi connectivity index (χ2n) is 6.62. The summed E-state index contributed by atoms with van der Waals surface area (Å²) in [6.07, 6.45) is 5.08. The van der Waals surface area contributed by atoms with Gasteiger partial charge in [0.2, 0.25) is 11.6 Å². The molecule has 1 aliphatic heterocycles. The van der Waals surface area contributed by atoms with E-state index < -0.39 is 11.6 Å². The SMILES string of the molecule is O=C(C(=O)c1ccccc1OCCN1CCCCCC1)c1ccccc1. The van der Waals surface area contributed by atoms with Crippen LogP contribution in [0.25, 0.3) is 0 Å². The van der Waals surface area contributed by atoms with E-state index >= 15 is 0 Å². The molecule has 1 fully saturated rings. The Bertz CT molecular complexity index is 734. The molecule has 1 heterocycles. The highest BCUT2D eigenvalue weighted by Gasteiger charge is 2.21. The van der Waals surface area contributed by atoms with Gasteiger partial charge in [0, 0.05) is 12.1 Å². The minimum absolute atomic E-state index is 0.331. The van der Waals surface area contributed by atoms with Crippen molar-refractivity contribution in [3.63, 3.8) is 0 Å². The van der Waals surface area contributed by atoms with Crippen LogP contribution >= 0.6 is 0 Å². The van der Waals surface area contributed by atoms with E-state index in [0.717, 1.165) is 19.6 Å². The molecule has 0 spiro atoms. The fourth-order valence-electron chi connectivity index (χ4n) is 3.27. The first-order chi connectivity index (χ1) is 12.8. The first-order valence-electron chi connectivity index (χ1n) is 9.34. The van der Waals surface area contributed by atoms with E-state index in [9.17, 15) is 9.59 Å². The predicted molar refractivity (Wildman–Crippen MR) is 102 cm³/mol. The number of ketones is 2. The van der Waals surface area contributed by atoms with Gasteiger partial charge in [-0.15, -0.1) is 0 Å². The van der Waals surface area contributed by atoms with Gasteiger partial charge in [0.15, 0.2) is 0 Å². The summed E-state index contributed by atoms with van der Waals surface area (Å²) in [7, 11) is 0. The number of hydrogen-bond acceptors (Lipinski definition) is 4. The Balaban J connectivity index is 1.64. The van der Waals surface area contributed by atoms with Crippen LogP contribution in [0.1, 0.15) is 46.4 Å². The van der Waals surface area contributed by atoms with E-state index in [1.54, 1.807) is 42.5 Å². The number of para-hydroxylation sites is 1. The lowest BCUT2D eigenvalue weighted by Gasteiger charge is -2.20. The van der Waals surface area contributed by atoms with Crippen LogP contribution in [0, 0.1) is 0 Å². The van der Waals surface area contributed by atoms with Crippen LogP contribution in [-0.2, 0) is 0 Å². The normalized spacial score (nSPS) is 15.2. The largest absolute Gasteiger partial charge is 0.491 e. The van der Waals surface area contributed by atoms with Crippen LogP contribution in [0.15, 0.2) is 54.6 Å². The second-order valence-corrected chi connectivity index (χ2v) is 6.62. The first-order valence-corrected chi connectivity index (χ1v) is 9.34. The highest BCUT2D eigenvalue weighted by molar-refractivity contribution is 6.49. The van der Waals surface area contributed by atoms with Gasteiger partial charge in [-0.1, -0.05) is 55.3 Å². The Morgan fingerprint density at radius 2 is 1.46 bits per heavy atom. The van der Waals surface area contributed by atoms with Gasteiger partial charge in [0.1, 0.15) is 12.4 Å². The van der Waals surface area contributed by atoms with Gasteiger partial charge in [0.25, 0.3) is 0 Å². The van der Waals surface area contributed by atoms with Crippen LogP contribution in [0.3, 0.4) is 0 Å². The van der Waals surface area contributed by atoms with Gasteiger partial charge in [-0.05, 0) is 38.1 Å². The van der Waals surface area contributed by atoms with Crippen molar-refractivity contribution >= 4 is 11.6 Å². The maximum Gasteiger partial charge on any atom is 0.237 e. The Morgan fingerprint density at radius 1 is 0.808 bits per heavy atom. The molecule has 0 aromatic heterocycles.